The number of rotatable bonds is 5. The van der Waals surface area contributed by atoms with Crippen LogP contribution < -0.4 is 9.78 Å². The standard InChI is InChI=1S/C19H21NO2Se/c1-12-9-13(2)18(14(3)10-12)20-19(22)16-7-5-6-8-17(16)23-11-15(4)21/h5-10H,11H2,1-4H3,(H,20,22). The van der Waals surface area contributed by atoms with Crippen molar-refractivity contribution in [1.82, 2.24) is 0 Å². The molecule has 2 rings (SSSR count). The van der Waals surface area contributed by atoms with E-state index in [1.165, 1.54) is 5.56 Å². The van der Waals surface area contributed by atoms with Crippen molar-refractivity contribution in [2.45, 2.75) is 33.0 Å². The van der Waals surface area contributed by atoms with Gasteiger partial charge in [-0.15, -0.1) is 0 Å². The molecule has 0 atom stereocenters. The molecule has 0 heterocycles. The normalized spacial score (nSPS) is 10.4. The van der Waals surface area contributed by atoms with Crippen LogP contribution in [0.2, 0.25) is 5.32 Å². The van der Waals surface area contributed by atoms with Gasteiger partial charge in [0.25, 0.3) is 0 Å². The minimum atomic E-state index is -0.110. The molecule has 1 amide bonds. The van der Waals surface area contributed by atoms with Gasteiger partial charge in [0.05, 0.1) is 0 Å². The number of ketones is 1. The van der Waals surface area contributed by atoms with Crippen LogP contribution in [0.5, 0.6) is 0 Å². The van der Waals surface area contributed by atoms with Crippen LogP contribution in [0.3, 0.4) is 0 Å². The third-order valence-electron chi connectivity index (χ3n) is 3.48. The van der Waals surface area contributed by atoms with E-state index in [4.69, 9.17) is 0 Å². The van der Waals surface area contributed by atoms with Crippen LogP contribution in [0.1, 0.15) is 34.0 Å². The maximum atomic E-state index is 12.7. The van der Waals surface area contributed by atoms with E-state index in [1.54, 1.807) is 6.92 Å². The van der Waals surface area contributed by atoms with Crippen molar-refractivity contribution in [1.29, 1.82) is 0 Å². The van der Waals surface area contributed by atoms with E-state index >= 15 is 0 Å². The summed E-state index contributed by atoms with van der Waals surface area (Å²) < 4.78 is 0.968. The van der Waals surface area contributed by atoms with E-state index in [2.05, 4.69) is 17.4 Å². The summed E-state index contributed by atoms with van der Waals surface area (Å²) in [5.74, 6) is 0.0477. The van der Waals surface area contributed by atoms with Crippen LogP contribution in [0.15, 0.2) is 36.4 Å². The predicted octanol–water partition coefficient (Wildman–Crippen LogP) is 3.20. The fourth-order valence-corrected chi connectivity index (χ4v) is 4.30. The number of hydrogen-bond acceptors (Lipinski definition) is 2. The molecule has 0 aliphatic carbocycles. The summed E-state index contributed by atoms with van der Waals surface area (Å²) in [6, 6.07) is 11.7. The van der Waals surface area contributed by atoms with Gasteiger partial charge in [-0.1, -0.05) is 0 Å². The molecule has 2 aromatic carbocycles. The summed E-state index contributed by atoms with van der Waals surface area (Å²) in [5, 5.41) is 3.55. The number of anilines is 1. The van der Waals surface area contributed by atoms with Gasteiger partial charge in [-0.2, -0.15) is 0 Å². The first kappa shape index (κ1) is 17.5. The number of aryl methyl sites for hydroxylation is 3. The van der Waals surface area contributed by atoms with Gasteiger partial charge in [-0.05, 0) is 0 Å². The first-order valence-corrected chi connectivity index (χ1v) is 9.55. The molecule has 120 valence electrons. The van der Waals surface area contributed by atoms with Crippen molar-refractivity contribution in [2.75, 3.05) is 5.32 Å². The molecular weight excluding hydrogens is 353 g/mol. The second-order valence-corrected chi connectivity index (χ2v) is 7.85. The molecule has 2 aromatic rings. The number of benzene rings is 2. The Hall–Kier alpha value is -1.90. The maximum absolute atomic E-state index is 12.7. The summed E-state index contributed by atoms with van der Waals surface area (Å²) in [6.45, 7) is 7.64. The summed E-state index contributed by atoms with van der Waals surface area (Å²) in [4.78, 5) is 23.9. The molecule has 0 saturated heterocycles. The van der Waals surface area contributed by atoms with Crippen LogP contribution in [0, 0.1) is 20.8 Å². The monoisotopic (exact) mass is 375 g/mol. The van der Waals surface area contributed by atoms with Crippen LogP contribution in [0.25, 0.3) is 0 Å². The van der Waals surface area contributed by atoms with Crippen molar-refractivity contribution in [2.24, 2.45) is 0 Å². The third-order valence-corrected chi connectivity index (χ3v) is 6.03. The van der Waals surface area contributed by atoms with Gasteiger partial charge in [-0.25, -0.2) is 0 Å². The van der Waals surface area contributed by atoms with E-state index in [1.807, 2.05) is 45.0 Å². The molecule has 0 aliphatic heterocycles. The molecule has 0 radical (unpaired) electrons. The SMILES string of the molecule is CC(=O)C[Se]c1ccccc1C(=O)Nc1c(C)cc(C)cc1C. The van der Waals surface area contributed by atoms with Crippen molar-refractivity contribution >= 4 is 36.8 Å². The Labute approximate surface area is 143 Å². The fraction of sp³-hybridized carbons (Fsp3) is 0.263. The summed E-state index contributed by atoms with van der Waals surface area (Å²) in [6.07, 6.45) is 0. The Balaban J connectivity index is 2.26. The Morgan fingerprint density at radius 3 is 2.26 bits per heavy atom. The molecule has 1 N–H and O–H groups in total. The molecular formula is C19H21NO2Se. The molecule has 0 unspecified atom stereocenters. The number of nitrogens with one attached hydrogen (secondary N) is 1. The van der Waals surface area contributed by atoms with Crippen molar-refractivity contribution in [3.8, 4) is 0 Å². The van der Waals surface area contributed by atoms with Crippen LogP contribution >= 0.6 is 0 Å². The molecule has 0 saturated carbocycles. The Bertz CT molecular complexity index is 730. The zero-order valence-corrected chi connectivity index (χ0v) is 15.6. The van der Waals surface area contributed by atoms with E-state index in [9.17, 15) is 9.59 Å². The topological polar surface area (TPSA) is 46.2 Å². The van der Waals surface area contributed by atoms with Gasteiger partial charge in [0.2, 0.25) is 0 Å². The van der Waals surface area contributed by atoms with Gasteiger partial charge >= 0.3 is 143 Å². The fourth-order valence-electron chi connectivity index (χ4n) is 2.52. The van der Waals surface area contributed by atoms with Gasteiger partial charge in [0.15, 0.2) is 0 Å². The molecule has 0 aromatic heterocycles. The predicted molar refractivity (Wildman–Crippen MR) is 95.9 cm³/mol. The third kappa shape index (κ3) is 4.54. The summed E-state index contributed by atoms with van der Waals surface area (Å²) in [7, 11) is 0. The van der Waals surface area contributed by atoms with Gasteiger partial charge < -0.3 is 0 Å². The van der Waals surface area contributed by atoms with Crippen LogP contribution in [-0.4, -0.2) is 26.6 Å². The van der Waals surface area contributed by atoms with E-state index in [0.29, 0.717) is 10.9 Å². The number of amides is 1. The minimum absolute atomic E-state index is 0.0167. The molecule has 0 aliphatic rings. The Morgan fingerprint density at radius 2 is 1.65 bits per heavy atom. The zero-order valence-electron chi connectivity index (χ0n) is 13.9. The number of carbonyl (C=O) groups excluding carboxylic acids is 2. The first-order valence-electron chi connectivity index (χ1n) is 7.49. The summed E-state index contributed by atoms with van der Waals surface area (Å²) in [5.41, 5.74) is 4.83. The molecule has 3 nitrogen and oxygen atoms in total. The number of Topliss-reactive ketones (excluding diaryl/α,β-unsaturated/α-hetero) is 1. The zero-order chi connectivity index (χ0) is 17.0. The average Bonchev–Trinajstić information content (AvgIpc) is 2.48. The van der Waals surface area contributed by atoms with E-state index in [0.717, 1.165) is 21.3 Å². The quantitative estimate of drug-likeness (QED) is 0.817. The Kier molecular flexibility index (Phi) is 5.75. The molecule has 23 heavy (non-hydrogen) atoms. The first-order chi connectivity index (χ1) is 10.9. The molecule has 4 heteroatoms. The number of hydrogen-bond donors (Lipinski definition) is 1. The van der Waals surface area contributed by atoms with Gasteiger partial charge in [0.1, 0.15) is 0 Å². The molecule has 0 spiro atoms. The van der Waals surface area contributed by atoms with E-state index < -0.39 is 0 Å². The van der Waals surface area contributed by atoms with Crippen LogP contribution in [0.4, 0.5) is 5.69 Å². The summed E-state index contributed by atoms with van der Waals surface area (Å²) >= 11 is -0.0167. The molecule has 0 fully saturated rings. The van der Waals surface area contributed by atoms with Gasteiger partial charge in [-0.3, -0.25) is 0 Å². The second kappa shape index (κ2) is 7.58. The second-order valence-electron chi connectivity index (χ2n) is 5.71. The van der Waals surface area contributed by atoms with Crippen molar-refractivity contribution in [3.63, 3.8) is 0 Å². The molecule has 0 bridgehead atoms. The Morgan fingerprint density at radius 1 is 1.04 bits per heavy atom. The van der Waals surface area contributed by atoms with Crippen molar-refractivity contribution in [3.05, 3.63) is 58.7 Å². The van der Waals surface area contributed by atoms with Crippen molar-refractivity contribution < 1.29 is 9.59 Å². The van der Waals surface area contributed by atoms with E-state index in [-0.39, 0.29) is 26.6 Å². The number of carbonyl (C=O) groups is 2. The average molecular weight is 374 g/mol. The van der Waals surface area contributed by atoms with Crippen LogP contribution in [-0.2, 0) is 4.79 Å². The van der Waals surface area contributed by atoms with Gasteiger partial charge in [0, 0.05) is 0 Å².